The third kappa shape index (κ3) is 2.98. The summed E-state index contributed by atoms with van der Waals surface area (Å²) in [5, 5.41) is 3.58. The second-order valence-corrected chi connectivity index (χ2v) is 6.62. The van der Waals surface area contributed by atoms with Crippen molar-refractivity contribution in [2.75, 3.05) is 25.4 Å². The molecule has 114 valence electrons. The normalized spacial score (nSPS) is 19.5. The Labute approximate surface area is 127 Å². The molecule has 0 aromatic carbocycles. The number of carbonyl (C=O) groups is 1. The zero-order chi connectivity index (χ0) is 14.8. The molecule has 1 amide bonds. The molecule has 7 heteroatoms. The Morgan fingerprint density at radius 3 is 2.95 bits per heavy atom. The van der Waals surface area contributed by atoms with E-state index in [0.29, 0.717) is 24.3 Å². The minimum absolute atomic E-state index is 0.148. The number of amides is 1. The molecule has 0 aliphatic carbocycles. The van der Waals surface area contributed by atoms with Crippen LogP contribution in [0.1, 0.15) is 30.1 Å². The summed E-state index contributed by atoms with van der Waals surface area (Å²) in [6, 6.07) is 0.303. The summed E-state index contributed by atoms with van der Waals surface area (Å²) in [5.41, 5.74) is -0.0776. The van der Waals surface area contributed by atoms with E-state index in [2.05, 4.69) is 22.1 Å². The Balaban J connectivity index is 1.64. The fraction of sp³-hybridized carbons (Fsp3) is 0.643. The van der Waals surface area contributed by atoms with Gasteiger partial charge in [-0.2, -0.15) is 0 Å². The van der Waals surface area contributed by atoms with Gasteiger partial charge in [-0.05, 0) is 32.9 Å². The molecule has 0 bridgehead atoms. The number of aromatic nitrogens is 2. The van der Waals surface area contributed by atoms with Crippen LogP contribution in [0.25, 0.3) is 0 Å². The molecule has 1 fully saturated rings. The summed E-state index contributed by atoms with van der Waals surface area (Å²) >= 11 is 1.55. The highest BCUT2D eigenvalue weighted by molar-refractivity contribution is 7.99. The van der Waals surface area contributed by atoms with E-state index < -0.39 is 0 Å². The highest BCUT2D eigenvalue weighted by Crippen LogP contribution is 2.20. The van der Waals surface area contributed by atoms with Crippen molar-refractivity contribution in [3.8, 4) is 0 Å². The smallest absolute Gasteiger partial charge is 0.267 e. The van der Waals surface area contributed by atoms with Crippen LogP contribution in [0.15, 0.2) is 16.1 Å². The quantitative estimate of drug-likeness (QED) is 0.824. The molecule has 1 atom stereocenters. The Bertz CT molecular complexity index is 595. The van der Waals surface area contributed by atoms with Crippen molar-refractivity contribution in [3.63, 3.8) is 0 Å². The highest BCUT2D eigenvalue weighted by Gasteiger charge is 2.22. The number of thioether (sulfide) groups is 1. The molecular formula is C14H20N4O2S. The van der Waals surface area contributed by atoms with Gasteiger partial charge in [-0.15, -0.1) is 0 Å². The first-order chi connectivity index (χ1) is 10.2. The molecule has 1 aromatic rings. The van der Waals surface area contributed by atoms with Crippen LogP contribution in [0.5, 0.6) is 0 Å². The van der Waals surface area contributed by atoms with Crippen molar-refractivity contribution in [1.82, 2.24) is 19.8 Å². The molecule has 2 aliphatic rings. The van der Waals surface area contributed by atoms with Crippen molar-refractivity contribution in [1.29, 1.82) is 0 Å². The van der Waals surface area contributed by atoms with Crippen LogP contribution in [0.4, 0.5) is 0 Å². The lowest BCUT2D eigenvalue weighted by molar-refractivity contribution is 0.0937. The molecule has 0 radical (unpaired) electrons. The molecular weight excluding hydrogens is 288 g/mol. The van der Waals surface area contributed by atoms with Gasteiger partial charge in [0.05, 0.1) is 0 Å². The van der Waals surface area contributed by atoms with Crippen molar-refractivity contribution in [2.45, 2.75) is 37.5 Å². The number of fused-ring (bicyclic) bond motifs is 1. The standard InChI is InChI=1S/C14H20N4O2S/c1-10(17-4-2-3-5-17)8-15-12(19)11-9-16-14-18(13(11)20)6-7-21-14/h9-10H,2-8H2,1H3,(H,15,19). The van der Waals surface area contributed by atoms with Crippen LogP contribution in [0.2, 0.25) is 0 Å². The molecule has 2 aliphatic heterocycles. The predicted molar refractivity (Wildman–Crippen MR) is 81.8 cm³/mol. The Hall–Kier alpha value is -1.34. The van der Waals surface area contributed by atoms with Gasteiger partial charge in [-0.25, -0.2) is 4.98 Å². The number of nitrogens with zero attached hydrogens (tertiary/aromatic N) is 3. The van der Waals surface area contributed by atoms with Crippen molar-refractivity contribution in [2.24, 2.45) is 0 Å². The first kappa shape index (κ1) is 14.6. The maximum absolute atomic E-state index is 12.2. The Kier molecular flexibility index (Phi) is 4.30. The van der Waals surface area contributed by atoms with E-state index in [-0.39, 0.29) is 17.0 Å². The van der Waals surface area contributed by atoms with Gasteiger partial charge in [0.15, 0.2) is 5.16 Å². The zero-order valence-electron chi connectivity index (χ0n) is 12.2. The number of rotatable bonds is 4. The summed E-state index contributed by atoms with van der Waals surface area (Å²) in [7, 11) is 0. The van der Waals surface area contributed by atoms with Gasteiger partial charge in [0, 0.05) is 31.1 Å². The lowest BCUT2D eigenvalue weighted by atomic mass is 10.2. The molecule has 1 N–H and O–H groups in total. The van der Waals surface area contributed by atoms with Crippen molar-refractivity contribution >= 4 is 17.7 Å². The fourth-order valence-electron chi connectivity index (χ4n) is 2.82. The van der Waals surface area contributed by atoms with Crippen molar-refractivity contribution in [3.05, 3.63) is 22.1 Å². The topological polar surface area (TPSA) is 67.2 Å². The van der Waals surface area contributed by atoms with Gasteiger partial charge in [0.25, 0.3) is 11.5 Å². The predicted octanol–water partition coefficient (Wildman–Crippen LogP) is 0.563. The number of nitrogens with one attached hydrogen (secondary N) is 1. The molecule has 1 saturated heterocycles. The van der Waals surface area contributed by atoms with E-state index in [9.17, 15) is 9.59 Å². The fourth-order valence-corrected chi connectivity index (χ4v) is 3.73. The third-order valence-electron chi connectivity index (χ3n) is 4.12. The largest absolute Gasteiger partial charge is 0.350 e. The maximum atomic E-state index is 12.2. The van der Waals surface area contributed by atoms with Crippen molar-refractivity contribution < 1.29 is 4.79 Å². The second kappa shape index (κ2) is 6.19. The second-order valence-electron chi connectivity index (χ2n) is 5.56. The molecule has 1 unspecified atom stereocenters. The van der Waals surface area contributed by atoms with Crippen LogP contribution >= 0.6 is 11.8 Å². The lowest BCUT2D eigenvalue weighted by Crippen LogP contribution is -2.42. The average Bonchev–Trinajstić information content (AvgIpc) is 3.15. The van der Waals surface area contributed by atoms with Gasteiger partial charge in [-0.1, -0.05) is 11.8 Å². The molecule has 0 saturated carbocycles. The summed E-state index contributed by atoms with van der Waals surface area (Å²) in [4.78, 5) is 31.0. The number of likely N-dealkylation sites (tertiary alicyclic amines) is 1. The SMILES string of the molecule is CC(CNC(=O)c1cnc2n(c1=O)CCS2)N1CCCC1. The van der Waals surface area contributed by atoms with E-state index in [1.807, 2.05) is 0 Å². The van der Waals surface area contributed by atoms with E-state index in [0.717, 1.165) is 18.8 Å². The minimum atomic E-state index is -0.314. The monoisotopic (exact) mass is 308 g/mol. The van der Waals surface area contributed by atoms with E-state index >= 15 is 0 Å². The number of hydrogen-bond acceptors (Lipinski definition) is 5. The molecule has 3 heterocycles. The van der Waals surface area contributed by atoms with Crippen LogP contribution < -0.4 is 10.9 Å². The summed E-state index contributed by atoms with van der Waals surface area (Å²) < 4.78 is 1.59. The highest BCUT2D eigenvalue weighted by atomic mass is 32.2. The summed E-state index contributed by atoms with van der Waals surface area (Å²) in [6.45, 7) is 5.50. The zero-order valence-corrected chi connectivity index (χ0v) is 13.0. The van der Waals surface area contributed by atoms with Crippen LogP contribution in [0, 0.1) is 0 Å². The van der Waals surface area contributed by atoms with Gasteiger partial charge >= 0.3 is 0 Å². The van der Waals surface area contributed by atoms with Gasteiger partial charge in [-0.3, -0.25) is 19.1 Å². The minimum Gasteiger partial charge on any atom is -0.350 e. The van der Waals surface area contributed by atoms with Crippen LogP contribution in [-0.4, -0.2) is 51.8 Å². The van der Waals surface area contributed by atoms with Gasteiger partial charge in [0.2, 0.25) is 0 Å². The average molecular weight is 308 g/mol. The van der Waals surface area contributed by atoms with Crippen LogP contribution in [0.3, 0.4) is 0 Å². The molecule has 6 nitrogen and oxygen atoms in total. The molecule has 3 rings (SSSR count). The molecule has 1 aromatic heterocycles. The van der Waals surface area contributed by atoms with Gasteiger partial charge < -0.3 is 5.32 Å². The Morgan fingerprint density at radius 2 is 2.19 bits per heavy atom. The maximum Gasteiger partial charge on any atom is 0.267 e. The van der Waals surface area contributed by atoms with Gasteiger partial charge in [0.1, 0.15) is 5.56 Å². The first-order valence-electron chi connectivity index (χ1n) is 7.41. The molecule has 0 spiro atoms. The number of carbonyl (C=O) groups excluding carboxylic acids is 1. The van der Waals surface area contributed by atoms with E-state index in [1.165, 1.54) is 19.0 Å². The van der Waals surface area contributed by atoms with Crippen LogP contribution in [-0.2, 0) is 6.54 Å². The first-order valence-corrected chi connectivity index (χ1v) is 8.40. The number of hydrogen-bond donors (Lipinski definition) is 1. The van der Waals surface area contributed by atoms with E-state index in [4.69, 9.17) is 0 Å². The Morgan fingerprint density at radius 1 is 1.43 bits per heavy atom. The summed E-state index contributed by atoms with van der Waals surface area (Å²) in [5.74, 6) is 0.532. The van der Waals surface area contributed by atoms with E-state index in [1.54, 1.807) is 16.3 Å². The summed E-state index contributed by atoms with van der Waals surface area (Å²) in [6.07, 6.45) is 3.86. The molecule has 21 heavy (non-hydrogen) atoms. The lowest BCUT2D eigenvalue weighted by Gasteiger charge is -2.23. The third-order valence-corrected chi connectivity index (χ3v) is 5.09.